The summed E-state index contributed by atoms with van der Waals surface area (Å²) in [5, 5.41) is 2.47. The van der Waals surface area contributed by atoms with E-state index in [1.807, 2.05) is 0 Å². The van der Waals surface area contributed by atoms with Crippen LogP contribution in [-0.4, -0.2) is 4.57 Å². The van der Waals surface area contributed by atoms with Crippen LogP contribution in [0.25, 0.3) is 77.6 Å². The van der Waals surface area contributed by atoms with Gasteiger partial charge in [0.25, 0.3) is 0 Å². The van der Waals surface area contributed by atoms with Crippen molar-refractivity contribution in [1.29, 1.82) is 0 Å². The predicted molar refractivity (Wildman–Crippen MR) is 264 cm³/mol. The van der Waals surface area contributed by atoms with Crippen LogP contribution in [0, 0.1) is 0 Å². The number of rotatable bonds is 9. The molecule has 0 amide bonds. The van der Waals surface area contributed by atoms with E-state index in [1.54, 1.807) is 0 Å². The SMILES string of the molecule is C1=CCCC(c2ccc(N(c3ccc(-c4ccccc4)cc3)c3ccc(-c4ccc5c(c4)c4cc(-c6ccccc6)ccc4n5-c4ccc(-c5ccccc5)cc4)cc3)cc2)=C1. The van der Waals surface area contributed by atoms with Crippen LogP contribution in [0.2, 0.25) is 0 Å². The Morgan fingerprint density at radius 3 is 1.15 bits per heavy atom. The van der Waals surface area contributed by atoms with Gasteiger partial charge in [0.2, 0.25) is 0 Å². The second-order valence-electron chi connectivity index (χ2n) is 16.1. The highest BCUT2D eigenvalue weighted by Crippen LogP contribution is 2.40. The first-order valence-corrected chi connectivity index (χ1v) is 21.6. The molecule has 294 valence electrons. The Morgan fingerprint density at radius 1 is 0.339 bits per heavy atom. The van der Waals surface area contributed by atoms with Crippen LogP contribution in [0.5, 0.6) is 0 Å². The average molecular weight is 793 g/mol. The van der Waals surface area contributed by atoms with Crippen molar-refractivity contribution in [3.63, 3.8) is 0 Å². The number of allylic oxidation sites excluding steroid dienone is 4. The van der Waals surface area contributed by atoms with Crippen LogP contribution in [0.1, 0.15) is 18.4 Å². The van der Waals surface area contributed by atoms with Crippen molar-refractivity contribution in [1.82, 2.24) is 4.57 Å². The molecule has 1 aromatic heterocycles. The van der Waals surface area contributed by atoms with Gasteiger partial charge in [-0.3, -0.25) is 0 Å². The van der Waals surface area contributed by atoms with Crippen LogP contribution in [0.3, 0.4) is 0 Å². The molecule has 0 spiro atoms. The summed E-state index contributed by atoms with van der Waals surface area (Å²) in [6.07, 6.45) is 8.83. The highest BCUT2D eigenvalue weighted by molar-refractivity contribution is 6.11. The third-order valence-corrected chi connectivity index (χ3v) is 12.3. The van der Waals surface area contributed by atoms with Crippen molar-refractivity contribution in [3.05, 3.63) is 248 Å². The highest BCUT2D eigenvalue weighted by Gasteiger charge is 2.17. The van der Waals surface area contributed by atoms with Gasteiger partial charge in [0.1, 0.15) is 0 Å². The van der Waals surface area contributed by atoms with Crippen LogP contribution in [0.4, 0.5) is 17.1 Å². The van der Waals surface area contributed by atoms with Gasteiger partial charge >= 0.3 is 0 Å². The Kier molecular flexibility index (Phi) is 9.72. The van der Waals surface area contributed by atoms with E-state index < -0.39 is 0 Å². The summed E-state index contributed by atoms with van der Waals surface area (Å²) >= 11 is 0. The molecule has 0 aliphatic heterocycles. The second kappa shape index (κ2) is 16.3. The average Bonchev–Trinajstić information content (AvgIpc) is 3.69. The molecule has 0 atom stereocenters. The molecule has 2 nitrogen and oxygen atoms in total. The molecule has 0 fully saturated rings. The minimum Gasteiger partial charge on any atom is -0.311 e. The number of benzene rings is 9. The van der Waals surface area contributed by atoms with E-state index in [1.165, 1.54) is 77.5 Å². The molecule has 1 heterocycles. The fraction of sp³-hybridized carbons (Fsp3) is 0.0333. The van der Waals surface area contributed by atoms with Crippen molar-refractivity contribution in [2.24, 2.45) is 0 Å². The van der Waals surface area contributed by atoms with Gasteiger partial charge < -0.3 is 9.47 Å². The topological polar surface area (TPSA) is 8.17 Å². The maximum Gasteiger partial charge on any atom is 0.0541 e. The molecule has 10 aromatic rings. The van der Waals surface area contributed by atoms with Crippen molar-refractivity contribution in [2.75, 3.05) is 4.90 Å². The molecule has 11 rings (SSSR count). The molecule has 1 aliphatic carbocycles. The van der Waals surface area contributed by atoms with E-state index in [4.69, 9.17) is 0 Å². The Bertz CT molecular complexity index is 3210. The summed E-state index contributed by atoms with van der Waals surface area (Å²) in [4.78, 5) is 2.36. The Hall–Kier alpha value is -7.94. The van der Waals surface area contributed by atoms with Gasteiger partial charge in [0, 0.05) is 33.5 Å². The largest absolute Gasteiger partial charge is 0.311 e. The van der Waals surface area contributed by atoms with E-state index in [-0.39, 0.29) is 0 Å². The number of nitrogens with zero attached hydrogens (tertiary/aromatic N) is 2. The van der Waals surface area contributed by atoms with Gasteiger partial charge in [-0.1, -0.05) is 170 Å². The van der Waals surface area contributed by atoms with E-state index in [9.17, 15) is 0 Å². The molecule has 9 aromatic carbocycles. The van der Waals surface area contributed by atoms with Gasteiger partial charge in [-0.05, 0) is 141 Å². The lowest BCUT2D eigenvalue weighted by molar-refractivity contribution is 1.05. The zero-order valence-electron chi connectivity index (χ0n) is 34.4. The van der Waals surface area contributed by atoms with Crippen LogP contribution < -0.4 is 4.90 Å². The first-order chi connectivity index (χ1) is 30.7. The van der Waals surface area contributed by atoms with E-state index in [0.717, 1.165) is 35.6 Å². The lowest BCUT2D eigenvalue weighted by Gasteiger charge is -2.26. The first-order valence-electron chi connectivity index (χ1n) is 21.6. The molecular weight excluding hydrogens is 749 g/mol. The Labute approximate surface area is 363 Å². The zero-order chi connectivity index (χ0) is 41.2. The number of anilines is 3. The summed E-state index contributed by atoms with van der Waals surface area (Å²) in [5.74, 6) is 0. The Balaban J connectivity index is 0.985. The number of fused-ring (bicyclic) bond motifs is 3. The fourth-order valence-corrected chi connectivity index (χ4v) is 9.08. The standard InChI is InChI=1S/C60H44N2/c1-5-13-43(14-6-1)47-21-31-53(32-22-47)61(54-33-23-48(24-34-54)44-15-7-2-8-16-44)55-35-27-50(28-36-55)52-30-40-60-58(42-52)57-41-51(46-19-11-4-12-20-46)29-39-59(57)62(60)56-37-25-49(26-38-56)45-17-9-3-10-18-45/h1-7,9-15,17-42H,8,16H2. The highest BCUT2D eigenvalue weighted by atomic mass is 15.1. The van der Waals surface area contributed by atoms with E-state index in [0.29, 0.717) is 0 Å². The number of hydrogen-bond acceptors (Lipinski definition) is 1. The van der Waals surface area contributed by atoms with Crippen LogP contribution in [0.15, 0.2) is 243 Å². The number of aromatic nitrogens is 1. The number of hydrogen-bond donors (Lipinski definition) is 0. The van der Waals surface area contributed by atoms with Crippen molar-refractivity contribution >= 4 is 44.4 Å². The maximum atomic E-state index is 2.41. The fourth-order valence-electron chi connectivity index (χ4n) is 9.08. The molecule has 0 unspecified atom stereocenters. The summed E-state index contributed by atoms with van der Waals surface area (Å²) < 4.78 is 2.41. The molecule has 2 heteroatoms. The van der Waals surface area contributed by atoms with Crippen molar-refractivity contribution < 1.29 is 0 Å². The molecule has 0 radical (unpaired) electrons. The summed E-state index contributed by atoms with van der Waals surface area (Å²) in [6, 6.07) is 81.7. The first kappa shape index (κ1) is 37.1. The molecule has 0 bridgehead atoms. The van der Waals surface area contributed by atoms with Crippen molar-refractivity contribution in [2.45, 2.75) is 12.8 Å². The van der Waals surface area contributed by atoms with Crippen LogP contribution >= 0.6 is 0 Å². The second-order valence-corrected chi connectivity index (χ2v) is 16.1. The lowest BCUT2D eigenvalue weighted by Crippen LogP contribution is -2.10. The summed E-state index contributed by atoms with van der Waals surface area (Å²) in [5.41, 5.74) is 19.2. The molecule has 0 saturated carbocycles. The molecule has 1 aliphatic rings. The predicted octanol–water partition coefficient (Wildman–Crippen LogP) is 16.7. The summed E-state index contributed by atoms with van der Waals surface area (Å²) in [6.45, 7) is 0. The monoisotopic (exact) mass is 792 g/mol. The normalized spacial score (nSPS) is 12.4. The minimum atomic E-state index is 1.07. The molecule has 62 heavy (non-hydrogen) atoms. The van der Waals surface area contributed by atoms with Crippen molar-refractivity contribution in [3.8, 4) is 50.2 Å². The van der Waals surface area contributed by atoms with Gasteiger partial charge in [-0.15, -0.1) is 0 Å². The zero-order valence-corrected chi connectivity index (χ0v) is 34.4. The molecule has 0 N–H and O–H groups in total. The minimum absolute atomic E-state index is 1.07. The smallest absolute Gasteiger partial charge is 0.0541 e. The quantitative estimate of drug-likeness (QED) is 0.141. The van der Waals surface area contributed by atoms with Gasteiger partial charge in [0.05, 0.1) is 11.0 Å². The van der Waals surface area contributed by atoms with E-state index in [2.05, 4.69) is 252 Å². The van der Waals surface area contributed by atoms with E-state index >= 15 is 0 Å². The maximum absolute atomic E-state index is 2.41. The lowest BCUT2D eigenvalue weighted by atomic mass is 9.97. The molecule has 0 saturated heterocycles. The van der Waals surface area contributed by atoms with Gasteiger partial charge in [-0.2, -0.15) is 0 Å². The van der Waals surface area contributed by atoms with Crippen LogP contribution in [-0.2, 0) is 0 Å². The third-order valence-electron chi connectivity index (χ3n) is 12.3. The van der Waals surface area contributed by atoms with Gasteiger partial charge in [0.15, 0.2) is 0 Å². The summed E-state index contributed by atoms with van der Waals surface area (Å²) in [7, 11) is 0. The third kappa shape index (κ3) is 7.12. The Morgan fingerprint density at radius 2 is 0.710 bits per heavy atom. The van der Waals surface area contributed by atoms with Gasteiger partial charge in [-0.25, -0.2) is 0 Å². The molecular formula is C60H44N2.